The zero-order valence-corrected chi connectivity index (χ0v) is 14.9. The maximum Gasteiger partial charge on any atom is 0.405 e. The number of nitrogens with two attached hydrogens (primary N) is 1. The first kappa shape index (κ1) is 18.7. The number of hydrogen-bond donors (Lipinski definition) is 1. The average Bonchev–Trinajstić information content (AvgIpc) is 2.68. The lowest BCUT2D eigenvalue weighted by molar-refractivity contribution is -0.133. The van der Waals surface area contributed by atoms with Crippen molar-refractivity contribution in [3.05, 3.63) is 66.0 Å². The molecule has 7 heteroatoms. The van der Waals surface area contributed by atoms with Crippen LogP contribution in [0.5, 0.6) is 0 Å². The zero-order chi connectivity index (χ0) is 19.2. The molecular formula is C20H22FN3O3. The Kier molecular flexibility index (Phi) is 5.90. The molecule has 1 fully saturated rings. The molecule has 1 aliphatic rings. The van der Waals surface area contributed by atoms with Crippen molar-refractivity contribution in [2.75, 3.05) is 31.1 Å². The van der Waals surface area contributed by atoms with Gasteiger partial charge in [0.05, 0.1) is 6.42 Å². The minimum atomic E-state index is -0.910. The average molecular weight is 371 g/mol. The lowest BCUT2D eigenvalue weighted by Gasteiger charge is -2.36. The summed E-state index contributed by atoms with van der Waals surface area (Å²) in [5.74, 6) is -0.385. The molecule has 1 heterocycles. The fourth-order valence-electron chi connectivity index (χ4n) is 3.21. The van der Waals surface area contributed by atoms with E-state index < -0.39 is 12.2 Å². The van der Waals surface area contributed by atoms with Crippen LogP contribution in [0.3, 0.4) is 0 Å². The lowest BCUT2D eigenvalue weighted by atomic mass is 10.1. The summed E-state index contributed by atoms with van der Waals surface area (Å²) in [5, 5.41) is 0. The van der Waals surface area contributed by atoms with Crippen molar-refractivity contribution in [2.45, 2.75) is 12.5 Å². The van der Waals surface area contributed by atoms with E-state index in [1.54, 1.807) is 23.1 Å². The third kappa shape index (κ3) is 4.97. The summed E-state index contributed by atoms with van der Waals surface area (Å²) < 4.78 is 18.5. The standard InChI is InChI=1S/C20H22FN3O3/c21-16-7-4-8-17(13-16)23-9-11-24(12-10-23)19(25)14-18(27-20(22)26)15-5-2-1-3-6-15/h1-8,13,18H,9-12,14H2,(H2,22,26). The molecule has 2 aromatic rings. The van der Waals surface area contributed by atoms with E-state index in [0.29, 0.717) is 26.2 Å². The Morgan fingerprint density at radius 3 is 2.37 bits per heavy atom. The molecule has 6 nitrogen and oxygen atoms in total. The van der Waals surface area contributed by atoms with Crippen LogP contribution in [0, 0.1) is 5.82 Å². The van der Waals surface area contributed by atoms with Gasteiger partial charge in [-0.25, -0.2) is 9.18 Å². The Labute approximate surface area is 157 Å². The van der Waals surface area contributed by atoms with E-state index in [4.69, 9.17) is 10.5 Å². The summed E-state index contributed by atoms with van der Waals surface area (Å²) >= 11 is 0. The molecule has 1 saturated heterocycles. The fraction of sp³-hybridized carbons (Fsp3) is 0.300. The third-order valence-electron chi connectivity index (χ3n) is 4.60. The van der Waals surface area contributed by atoms with Gasteiger partial charge in [0.2, 0.25) is 5.91 Å². The van der Waals surface area contributed by atoms with Crippen molar-refractivity contribution in [1.29, 1.82) is 0 Å². The highest BCUT2D eigenvalue weighted by atomic mass is 19.1. The lowest BCUT2D eigenvalue weighted by Crippen LogP contribution is -2.49. The van der Waals surface area contributed by atoms with Gasteiger partial charge in [0.15, 0.2) is 0 Å². The summed E-state index contributed by atoms with van der Waals surface area (Å²) in [7, 11) is 0. The summed E-state index contributed by atoms with van der Waals surface area (Å²) in [6.07, 6.45) is -1.59. The van der Waals surface area contributed by atoms with E-state index in [1.807, 2.05) is 29.2 Å². The number of piperazine rings is 1. The molecule has 1 unspecified atom stereocenters. The second-order valence-electron chi connectivity index (χ2n) is 6.39. The Hall–Kier alpha value is -3.09. The van der Waals surface area contributed by atoms with E-state index in [9.17, 15) is 14.0 Å². The number of nitrogens with zero attached hydrogens (tertiary/aromatic N) is 2. The maximum absolute atomic E-state index is 13.4. The Morgan fingerprint density at radius 1 is 1.04 bits per heavy atom. The van der Waals surface area contributed by atoms with E-state index in [-0.39, 0.29) is 18.1 Å². The Bertz CT molecular complexity index is 792. The highest BCUT2D eigenvalue weighted by molar-refractivity contribution is 5.78. The van der Waals surface area contributed by atoms with E-state index in [0.717, 1.165) is 11.3 Å². The minimum absolute atomic E-state index is 0.0346. The second-order valence-corrected chi connectivity index (χ2v) is 6.39. The van der Waals surface area contributed by atoms with Crippen LogP contribution in [0.25, 0.3) is 0 Å². The number of rotatable bonds is 5. The van der Waals surface area contributed by atoms with Gasteiger partial charge in [-0.3, -0.25) is 4.79 Å². The van der Waals surface area contributed by atoms with Crippen molar-refractivity contribution < 1.29 is 18.7 Å². The van der Waals surface area contributed by atoms with Crippen LogP contribution in [0.4, 0.5) is 14.9 Å². The molecule has 27 heavy (non-hydrogen) atoms. The molecular weight excluding hydrogens is 349 g/mol. The van der Waals surface area contributed by atoms with Gasteiger partial charge in [0, 0.05) is 31.9 Å². The maximum atomic E-state index is 13.4. The molecule has 0 saturated carbocycles. The largest absolute Gasteiger partial charge is 0.441 e. The first-order valence-corrected chi connectivity index (χ1v) is 8.82. The first-order valence-electron chi connectivity index (χ1n) is 8.82. The summed E-state index contributed by atoms with van der Waals surface area (Å²) in [4.78, 5) is 27.7. The summed E-state index contributed by atoms with van der Waals surface area (Å²) in [6, 6.07) is 15.5. The van der Waals surface area contributed by atoms with Crippen molar-refractivity contribution in [3.63, 3.8) is 0 Å². The van der Waals surface area contributed by atoms with Crippen molar-refractivity contribution in [1.82, 2.24) is 4.90 Å². The van der Waals surface area contributed by atoms with Gasteiger partial charge in [-0.15, -0.1) is 0 Å². The van der Waals surface area contributed by atoms with Gasteiger partial charge in [-0.05, 0) is 23.8 Å². The molecule has 2 amide bonds. The number of carbonyl (C=O) groups is 2. The number of halogens is 1. The normalized spacial score (nSPS) is 15.3. The highest BCUT2D eigenvalue weighted by Gasteiger charge is 2.26. The predicted molar refractivity (Wildman–Crippen MR) is 99.7 cm³/mol. The molecule has 0 bridgehead atoms. The molecule has 2 N–H and O–H groups in total. The van der Waals surface area contributed by atoms with E-state index >= 15 is 0 Å². The quantitative estimate of drug-likeness (QED) is 0.877. The Morgan fingerprint density at radius 2 is 1.74 bits per heavy atom. The van der Waals surface area contributed by atoms with Crippen LogP contribution in [-0.2, 0) is 9.53 Å². The van der Waals surface area contributed by atoms with Crippen molar-refractivity contribution in [2.24, 2.45) is 5.73 Å². The topological polar surface area (TPSA) is 75.9 Å². The van der Waals surface area contributed by atoms with Crippen LogP contribution in [0.2, 0.25) is 0 Å². The van der Waals surface area contributed by atoms with Gasteiger partial charge in [0.25, 0.3) is 0 Å². The number of benzene rings is 2. The Balaban J connectivity index is 1.60. The number of carbonyl (C=O) groups excluding carboxylic acids is 2. The molecule has 1 aliphatic heterocycles. The molecule has 0 radical (unpaired) electrons. The monoisotopic (exact) mass is 371 g/mol. The third-order valence-corrected chi connectivity index (χ3v) is 4.60. The highest BCUT2D eigenvalue weighted by Crippen LogP contribution is 2.23. The molecule has 3 rings (SSSR count). The van der Waals surface area contributed by atoms with Gasteiger partial charge in [-0.2, -0.15) is 0 Å². The van der Waals surface area contributed by atoms with Crippen LogP contribution < -0.4 is 10.6 Å². The molecule has 2 aromatic carbocycles. The van der Waals surface area contributed by atoms with Gasteiger partial charge in [0.1, 0.15) is 11.9 Å². The molecule has 1 atom stereocenters. The number of primary amides is 1. The fourth-order valence-corrected chi connectivity index (χ4v) is 3.21. The van der Waals surface area contributed by atoms with Crippen LogP contribution in [-0.4, -0.2) is 43.1 Å². The SMILES string of the molecule is NC(=O)OC(CC(=O)N1CCN(c2cccc(F)c2)CC1)c1ccccc1. The van der Waals surface area contributed by atoms with Gasteiger partial charge >= 0.3 is 6.09 Å². The summed E-state index contributed by atoms with van der Waals surface area (Å²) in [6.45, 7) is 2.27. The van der Waals surface area contributed by atoms with Crippen molar-refractivity contribution >= 4 is 17.7 Å². The van der Waals surface area contributed by atoms with Gasteiger partial charge in [-0.1, -0.05) is 36.4 Å². The molecule has 0 spiro atoms. The first-order chi connectivity index (χ1) is 13.0. The van der Waals surface area contributed by atoms with Crippen LogP contribution in [0.15, 0.2) is 54.6 Å². The molecule has 0 aromatic heterocycles. The van der Waals surface area contributed by atoms with Crippen molar-refractivity contribution in [3.8, 4) is 0 Å². The van der Waals surface area contributed by atoms with E-state index in [2.05, 4.69) is 0 Å². The smallest absolute Gasteiger partial charge is 0.405 e. The number of anilines is 1. The van der Waals surface area contributed by atoms with Gasteiger partial charge < -0.3 is 20.3 Å². The number of amides is 2. The van der Waals surface area contributed by atoms with E-state index in [1.165, 1.54) is 12.1 Å². The predicted octanol–water partition coefficient (Wildman–Crippen LogP) is 2.70. The molecule has 0 aliphatic carbocycles. The molecule has 142 valence electrons. The zero-order valence-electron chi connectivity index (χ0n) is 14.9. The second kappa shape index (κ2) is 8.53. The van der Waals surface area contributed by atoms with Crippen LogP contribution >= 0.6 is 0 Å². The minimum Gasteiger partial charge on any atom is -0.441 e. The van der Waals surface area contributed by atoms with Crippen LogP contribution in [0.1, 0.15) is 18.1 Å². The number of hydrogen-bond acceptors (Lipinski definition) is 4. The summed E-state index contributed by atoms with van der Waals surface area (Å²) in [5.41, 5.74) is 6.69. The number of ether oxygens (including phenoxy) is 1.